The van der Waals surface area contributed by atoms with E-state index in [9.17, 15) is 4.79 Å². The van der Waals surface area contributed by atoms with Crippen LogP contribution in [0.5, 0.6) is 0 Å². The van der Waals surface area contributed by atoms with E-state index in [1.54, 1.807) is 0 Å². The Morgan fingerprint density at radius 1 is 1.23 bits per heavy atom. The zero-order chi connectivity index (χ0) is 15.4. The van der Waals surface area contributed by atoms with Crippen molar-refractivity contribution in [1.82, 2.24) is 14.5 Å². The third kappa shape index (κ3) is 3.63. The molecule has 1 aromatic carbocycles. The summed E-state index contributed by atoms with van der Waals surface area (Å²) in [6.45, 7) is 5.66. The lowest BCUT2D eigenvalue weighted by atomic mass is 9.96. The number of carbonyl (C=O) groups is 1. The molecule has 1 aliphatic heterocycles. The number of carbonyl (C=O) groups excluding carboxylic acids is 1. The Hall–Kier alpha value is -1.94. The van der Waals surface area contributed by atoms with E-state index in [1.165, 1.54) is 0 Å². The molecule has 1 aromatic heterocycles. The van der Waals surface area contributed by atoms with Crippen LogP contribution in [0.1, 0.15) is 29.0 Å². The number of aryl methyl sites for hydroxylation is 1. The van der Waals surface area contributed by atoms with E-state index in [0.717, 1.165) is 43.9 Å². The summed E-state index contributed by atoms with van der Waals surface area (Å²) in [5.41, 5.74) is 0.818. The maximum absolute atomic E-state index is 12.2. The second-order valence-electron chi connectivity index (χ2n) is 6.14. The van der Waals surface area contributed by atoms with Crippen molar-refractivity contribution in [2.24, 2.45) is 5.92 Å². The molecule has 0 unspecified atom stereocenters. The molecule has 22 heavy (non-hydrogen) atoms. The summed E-state index contributed by atoms with van der Waals surface area (Å²) in [7, 11) is 0. The predicted octanol–water partition coefficient (Wildman–Crippen LogP) is 2.79. The summed E-state index contributed by atoms with van der Waals surface area (Å²) in [6.07, 6.45) is 6.23. The number of benzene rings is 1. The molecule has 4 nitrogen and oxygen atoms in total. The van der Waals surface area contributed by atoms with E-state index < -0.39 is 0 Å². The van der Waals surface area contributed by atoms with Gasteiger partial charge in [0.25, 0.3) is 0 Å². The highest BCUT2D eigenvalue weighted by molar-refractivity contribution is 5.97. The highest BCUT2D eigenvalue weighted by Crippen LogP contribution is 2.20. The fourth-order valence-corrected chi connectivity index (χ4v) is 3.12. The van der Waals surface area contributed by atoms with Crippen LogP contribution in [-0.4, -0.2) is 39.9 Å². The second-order valence-corrected chi connectivity index (χ2v) is 6.14. The molecule has 3 rings (SSSR count). The number of hydrogen-bond donors (Lipinski definition) is 0. The van der Waals surface area contributed by atoms with Crippen LogP contribution >= 0.6 is 0 Å². The van der Waals surface area contributed by atoms with Gasteiger partial charge in [0, 0.05) is 24.5 Å². The molecule has 0 radical (unpaired) electrons. The van der Waals surface area contributed by atoms with Crippen LogP contribution in [0.3, 0.4) is 0 Å². The van der Waals surface area contributed by atoms with Crippen LogP contribution in [-0.2, 0) is 6.54 Å². The second kappa shape index (κ2) is 6.88. The minimum absolute atomic E-state index is 0.226. The number of ketones is 1. The number of nitrogens with zero attached hydrogens (tertiary/aromatic N) is 3. The first-order valence-corrected chi connectivity index (χ1v) is 8.00. The normalized spacial score (nSPS) is 16.8. The van der Waals surface area contributed by atoms with E-state index >= 15 is 0 Å². The third-order valence-corrected chi connectivity index (χ3v) is 4.55. The maximum atomic E-state index is 12.2. The van der Waals surface area contributed by atoms with Crippen molar-refractivity contribution in [3.63, 3.8) is 0 Å². The van der Waals surface area contributed by atoms with Crippen molar-refractivity contribution in [2.45, 2.75) is 26.3 Å². The van der Waals surface area contributed by atoms with Crippen molar-refractivity contribution in [3.8, 4) is 0 Å². The Labute approximate surface area is 131 Å². The van der Waals surface area contributed by atoms with Gasteiger partial charge in [-0.2, -0.15) is 0 Å². The zero-order valence-electron chi connectivity index (χ0n) is 13.1. The Kier molecular flexibility index (Phi) is 4.68. The molecule has 0 N–H and O–H groups in total. The van der Waals surface area contributed by atoms with Crippen LogP contribution in [0.25, 0.3) is 0 Å². The lowest BCUT2D eigenvalue weighted by molar-refractivity contribution is 0.0890. The monoisotopic (exact) mass is 297 g/mol. The van der Waals surface area contributed by atoms with E-state index in [4.69, 9.17) is 0 Å². The topological polar surface area (TPSA) is 38.1 Å². The lowest BCUT2D eigenvalue weighted by Gasteiger charge is -2.31. The van der Waals surface area contributed by atoms with Crippen molar-refractivity contribution < 1.29 is 4.79 Å². The molecule has 1 aliphatic rings. The van der Waals surface area contributed by atoms with E-state index in [2.05, 4.69) is 20.6 Å². The van der Waals surface area contributed by atoms with Crippen LogP contribution in [0.4, 0.5) is 0 Å². The van der Waals surface area contributed by atoms with Gasteiger partial charge < -0.3 is 4.57 Å². The average molecular weight is 297 g/mol. The molecule has 2 aromatic rings. The fourth-order valence-electron chi connectivity index (χ4n) is 3.12. The maximum Gasteiger partial charge on any atom is 0.176 e. The summed E-state index contributed by atoms with van der Waals surface area (Å²) in [5.74, 6) is 2.00. The summed E-state index contributed by atoms with van der Waals surface area (Å²) >= 11 is 0. The molecule has 4 heteroatoms. The number of likely N-dealkylation sites (tertiary alicyclic amines) is 1. The Morgan fingerprint density at radius 3 is 2.59 bits per heavy atom. The van der Waals surface area contributed by atoms with Gasteiger partial charge in [-0.25, -0.2) is 4.98 Å². The van der Waals surface area contributed by atoms with Crippen molar-refractivity contribution in [3.05, 3.63) is 54.1 Å². The Morgan fingerprint density at radius 2 is 1.95 bits per heavy atom. The molecule has 0 saturated carbocycles. The highest BCUT2D eigenvalue weighted by Gasteiger charge is 2.21. The molecule has 1 fully saturated rings. The lowest BCUT2D eigenvalue weighted by Crippen LogP contribution is -2.38. The van der Waals surface area contributed by atoms with E-state index in [1.807, 2.05) is 43.5 Å². The molecule has 0 aliphatic carbocycles. The van der Waals surface area contributed by atoms with Crippen LogP contribution in [0.2, 0.25) is 0 Å². The van der Waals surface area contributed by atoms with Gasteiger partial charge in [-0.05, 0) is 38.8 Å². The van der Waals surface area contributed by atoms with Gasteiger partial charge >= 0.3 is 0 Å². The number of hydrogen-bond acceptors (Lipinski definition) is 3. The number of piperidine rings is 1. The predicted molar refractivity (Wildman–Crippen MR) is 86.9 cm³/mol. The van der Waals surface area contributed by atoms with Crippen LogP contribution < -0.4 is 0 Å². The number of aromatic nitrogens is 2. The first kappa shape index (κ1) is 15.0. The smallest absolute Gasteiger partial charge is 0.176 e. The molecular formula is C18H23N3O. The highest BCUT2D eigenvalue weighted by atomic mass is 16.1. The van der Waals surface area contributed by atoms with Gasteiger partial charge in [-0.3, -0.25) is 9.69 Å². The molecule has 0 spiro atoms. The summed E-state index contributed by atoms with van der Waals surface area (Å²) in [5, 5.41) is 0. The molecule has 0 atom stereocenters. The van der Waals surface area contributed by atoms with Crippen molar-refractivity contribution in [1.29, 1.82) is 0 Å². The first-order chi connectivity index (χ1) is 10.7. The molecular weight excluding hydrogens is 274 g/mol. The third-order valence-electron chi connectivity index (χ3n) is 4.55. The zero-order valence-corrected chi connectivity index (χ0v) is 13.1. The van der Waals surface area contributed by atoms with Crippen molar-refractivity contribution in [2.75, 3.05) is 19.6 Å². The molecule has 0 amide bonds. The van der Waals surface area contributed by atoms with Gasteiger partial charge in [0.2, 0.25) is 0 Å². The fraction of sp³-hybridized carbons (Fsp3) is 0.444. The SMILES string of the molecule is Cc1nccn1CC1CCN(CC(=O)c2ccccc2)CC1. The summed E-state index contributed by atoms with van der Waals surface area (Å²) < 4.78 is 2.23. The number of Topliss-reactive ketones (excluding diaryl/α,β-unsaturated/α-hetero) is 1. The standard InChI is InChI=1S/C18H23N3O/c1-15-19-9-12-21(15)13-16-7-10-20(11-8-16)14-18(22)17-5-3-2-4-6-17/h2-6,9,12,16H,7-8,10-11,13-14H2,1H3. The summed E-state index contributed by atoms with van der Waals surface area (Å²) in [4.78, 5) is 18.8. The summed E-state index contributed by atoms with van der Waals surface area (Å²) in [6, 6.07) is 9.59. The quantitative estimate of drug-likeness (QED) is 0.797. The van der Waals surface area contributed by atoms with Gasteiger partial charge in [0.1, 0.15) is 5.82 Å². The van der Waals surface area contributed by atoms with Gasteiger partial charge in [-0.1, -0.05) is 30.3 Å². The van der Waals surface area contributed by atoms with Gasteiger partial charge in [0.15, 0.2) is 5.78 Å². The average Bonchev–Trinajstić information content (AvgIpc) is 2.95. The Bertz CT molecular complexity index is 612. The minimum atomic E-state index is 0.226. The molecule has 0 bridgehead atoms. The van der Waals surface area contributed by atoms with Crippen LogP contribution in [0.15, 0.2) is 42.7 Å². The van der Waals surface area contributed by atoms with Crippen LogP contribution in [0, 0.1) is 12.8 Å². The molecule has 1 saturated heterocycles. The van der Waals surface area contributed by atoms with Crippen molar-refractivity contribution >= 4 is 5.78 Å². The van der Waals surface area contributed by atoms with Gasteiger partial charge in [0.05, 0.1) is 6.54 Å². The molecule has 2 heterocycles. The number of rotatable bonds is 5. The largest absolute Gasteiger partial charge is 0.335 e. The van der Waals surface area contributed by atoms with Gasteiger partial charge in [-0.15, -0.1) is 0 Å². The van der Waals surface area contributed by atoms with E-state index in [-0.39, 0.29) is 5.78 Å². The molecule has 116 valence electrons. The minimum Gasteiger partial charge on any atom is -0.335 e. The number of imidazole rings is 1. The van der Waals surface area contributed by atoms with E-state index in [0.29, 0.717) is 12.5 Å². The first-order valence-electron chi connectivity index (χ1n) is 8.00. The Balaban J connectivity index is 1.48.